The molecule has 1 aromatic heterocycles. The van der Waals surface area contributed by atoms with Crippen LogP contribution in [0.2, 0.25) is 0 Å². The molecule has 0 bridgehead atoms. The van der Waals surface area contributed by atoms with E-state index in [9.17, 15) is 14.0 Å². The molecule has 6 nitrogen and oxygen atoms in total. The van der Waals surface area contributed by atoms with Gasteiger partial charge >= 0.3 is 5.69 Å². The highest BCUT2D eigenvalue weighted by Crippen LogP contribution is 1.85. The lowest BCUT2D eigenvalue weighted by Crippen LogP contribution is -2.37. The van der Waals surface area contributed by atoms with E-state index in [1.807, 2.05) is 11.9 Å². The van der Waals surface area contributed by atoms with Gasteiger partial charge in [-0.25, -0.2) is 4.79 Å². The van der Waals surface area contributed by atoms with Gasteiger partial charge < -0.3 is 10.1 Å². The molecule has 0 saturated carbocycles. The van der Waals surface area contributed by atoms with Crippen LogP contribution < -0.4 is 16.6 Å². The maximum absolute atomic E-state index is 12.9. The Morgan fingerprint density at radius 3 is 2.94 bits per heavy atom. The van der Waals surface area contributed by atoms with Crippen LogP contribution in [0.1, 0.15) is 6.92 Å². The van der Waals surface area contributed by atoms with E-state index in [4.69, 9.17) is 4.74 Å². The number of hydrogen-bond acceptors (Lipinski definition) is 4. The number of ether oxygens (including phenoxy) is 1. The van der Waals surface area contributed by atoms with E-state index in [1.165, 1.54) is 0 Å². The van der Waals surface area contributed by atoms with Crippen molar-refractivity contribution in [1.82, 2.24) is 14.9 Å². The van der Waals surface area contributed by atoms with E-state index in [-0.39, 0.29) is 12.6 Å². The molecule has 17 heavy (non-hydrogen) atoms. The smallest absolute Gasteiger partial charge is 0.328 e. The minimum absolute atomic E-state index is 0.142. The predicted molar refractivity (Wildman–Crippen MR) is 60.6 cm³/mol. The van der Waals surface area contributed by atoms with Crippen molar-refractivity contribution in [3.8, 4) is 0 Å². The Morgan fingerprint density at radius 2 is 2.29 bits per heavy atom. The normalized spacial score (nSPS) is 12.6. The average Bonchev–Trinajstić information content (AvgIpc) is 2.26. The van der Waals surface area contributed by atoms with Crippen LogP contribution in [0, 0.1) is 5.82 Å². The standard InChI is InChI=1S/C10H16FN3O3/c1-7(6-17-2)12-3-4-14-5-8(11)9(15)13-10(14)16/h5,7,12H,3-4,6H2,1-2H3,(H,13,15,16). The topological polar surface area (TPSA) is 76.1 Å². The molecule has 0 saturated heterocycles. The largest absolute Gasteiger partial charge is 0.383 e. The summed E-state index contributed by atoms with van der Waals surface area (Å²) in [5, 5.41) is 3.09. The van der Waals surface area contributed by atoms with E-state index < -0.39 is 17.1 Å². The second-order valence-corrected chi connectivity index (χ2v) is 3.74. The van der Waals surface area contributed by atoms with Crippen LogP contribution in [0.5, 0.6) is 0 Å². The maximum atomic E-state index is 12.9. The van der Waals surface area contributed by atoms with Crippen LogP contribution in [0.25, 0.3) is 0 Å². The van der Waals surface area contributed by atoms with Gasteiger partial charge in [-0.3, -0.25) is 14.3 Å². The Hall–Kier alpha value is -1.47. The molecule has 1 aromatic rings. The van der Waals surface area contributed by atoms with Gasteiger partial charge in [-0.1, -0.05) is 0 Å². The quantitative estimate of drug-likeness (QED) is 0.695. The summed E-state index contributed by atoms with van der Waals surface area (Å²) < 4.78 is 19.0. The van der Waals surface area contributed by atoms with Crippen molar-refractivity contribution < 1.29 is 9.13 Å². The Kier molecular flexibility index (Phi) is 5.05. The van der Waals surface area contributed by atoms with E-state index in [0.29, 0.717) is 13.2 Å². The first kappa shape index (κ1) is 13.6. The van der Waals surface area contributed by atoms with Gasteiger partial charge in [0.2, 0.25) is 5.82 Å². The highest BCUT2D eigenvalue weighted by molar-refractivity contribution is 4.87. The summed E-state index contributed by atoms with van der Waals surface area (Å²) in [4.78, 5) is 24.0. The van der Waals surface area contributed by atoms with Crippen molar-refractivity contribution in [3.05, 3.63) is 32.9 Å². The lowest BCUT2D eigenvalue weighted by Gasteiger charge is -2.12. The molecule has 0 amide bonds. The second kappa shape index (κ2) is 6.31. The Morgan fingerprint density at radius 1 is 1.59 bits per heavy atom. The molecule has 0 radical (unpaired) electrons. The van der Waals surface area contributed by atoms with Gasteiger partial charge in [0.15, 0.2) is 0 Å². The second-order valence-electron chi connectivity index (χ2n) is 3.74. The van der Waals surface area contributed by atoms with Gasteiger partial charge in [0.05, 0.1) is 12.8 Å². The molecule has 0 spiro atoms. The number of aromatic nitrogens is 2. The average molecular weight is 245 g/mol. The van der Waals surface area contributed by atoms with Crippen molar-refractivity contribution >= 4 is 0 Å². The highest BCUT2D eigenvalue weighted by Gasteiger charge is 2.04. The number of nitrogens with zero attached hydrogens (tertiary/aromatic N) is 1. The van der Waals surface area contributed by atoms with Gasteiger partial charge in [0, 0.05) is 26.2 Å². The zero-order valence-corrected chi connectivity index (χ0v) is 9.83. The van der Waals surface area contributed by atoms with Crippen LogP contribution in [0.15, 0.2) is 15.8 Å². The highest BCUT2D eigenvalue weighted by atomic mass is 19.1. The number of rotatable bonds is 6. The van der Waals surface area contributed by atoms with Gasteiger partial charge in [0.25, 0.3) is 5.56 Å². The molecule has 0 aromatic carbocycles. The first-order valence-electron chi connectivity index (χ1n) is 5.26. The zero-order valence-electron chi connectivity index (χ0n) is 9.83. The van der Waals surface area contributed by atoms with Crippen LogP contribution in [-0.2, 0) is 11.3 Å². The van der Waals surface area contributed by atoms with Crippen molar-refractivity contribution in [2.75, 3.05) is 20.3 Å². The van der Waals surface area contributed by atoms with Crippen molar-refractivity contribution in [3.63, 3.8) is 0 Å². The molecule has 0 fully saturated rings. The van der Waals surface area contributed by atoms with E-state index in [0.717, 1.165) is 10.8 Å². The summed E-state index contributed by atoms with van der Waals surface area (Å²) in [6.45, 7) is 3.24. The third kappa shape index (κ3) is 4.12. The van der Waals surface area contributed by atoms with Crippen molar-refractivity contribution in [2.24, 2.45) is 0 Å². The molecule has 0 aliphatic heterocycles. The Bertz CT molecular complexity index is 469. The number of methoxy groups -OCH3 is 1. The van der Waals surface area contributed by atoms with Crippen LogP contribution in [0.3, 0.4) is 0 Å². The van der Waals surface area contributed by atoms with Crippen LogP contribution in [-0.4, -0.2) is 35.9 Å². The third-order valence-corrected chi connectivity index (χ3v) is 2.23. The molecule has 7 heteroatoms. The lowest BCUT2D eigenvalue weighted by atomic mass is 10.3. The first-order chi connectivity index (χ1) is 8.04. The summed E-state index contributed by atoms with van der Waals surface area (Å²) in [5.41, 5.74) is -1.61. The minimum Gasteiger partial charge on any atom is -0.383 e. The van der Waals surface area contributed by atoms with Gasteiger partial charge in [-0.05, 0) is 6.92 Å². The summed E-state index contributed by atoms with van der Waals surface area (Å²) in [7, 11) is 1.60. The maximum Gasteiger partial charge on any atom is 0.328 e. The number of hydrogen-bond donors (Lipinski definition) is 2. The first-order valence-corrected chi connectivity index (χ1v) is 5.26. The molecule has 1 atom stereocenters. The Labute approximate surface area is 97.4 Å². The molecule has 0 aliphatic carbocycles. The van der Waals surface area contributed by atoms with Crippen LogP contribution >= 0.6 is 0 Å². The molecule has 1 heterocycles. The SMILES string of the molecule is COCC(C)NCCn1cc(F)c(=O)[nH]c1=O. The van der Waals surface area contributed by atoms with Crippen molar-refractivity contribution in [2.45, 2.75) is 19.5 Å². The van der Waals surface area contributed by atoms with E-state index in [1.54, 1.807) is 7.11 Å². The summed E-state index contributed by atoms with van der Waals surface area (Å²) in [6.07, 6.45) is 0.907. The minimum atomic E-state index is -0.994. The molecular formula is C10H16FN3O3. The summed E-state index contributed by atoms with van der Waals surface area (Å²) >= 11 is 0. The molecule has 1 rings (SSSR count). The third-order valence-electron chi connectivity index (χ3n) is 2.23. The predicted octanol–water partition coefficient (Wildman–Crippen LogP) is -0.700. The van der Waals surface area contributed by atoms with Gasteiger partial charge in [-0.15, -0.1) is 0 Å². The number of H-pyrrole nitrogens is 1. The fraction of sp³-hybridized carbons (Fsp3) is 0.600. The molecule has 96 valence electrons. The Balaban J connectivity index is 2.55. The van der Waals surface area contributed by atoms with E-state index >= 15 is 0 Å². The number of halogens is 1. The monoisotopic (exact) mass is 245 g/mol. The summed E-state index contributed by atoms with van der Waals surface area (Å²) in [6, 6.07) is 0.142. The molecule has 2 N–H and O–H groups in total. The molecule has 0 aliphatic rings. The molecule has 1 unspecified atom stereocenters. The van der Waals surface area contributed by atoms with Gasteiger partial charge in [0.1, 0.15) is 0 Å². The summed E-state index contributed by atoms with van der Waals surface area (Å²) in [5.74, 6) is -0.963. The van der Waals surface area contributed by atoms with E-state index in [2.05, 4.69) is 5.32 Å². The fourth-order valence-electron chi connectivity index (χ4n) is 1.39. The zero-order chi connectivity index (χ0) is 12.8. The van der Waals surface area contributed by atoms with Gasteiger partial charge in [-0.2, -0.15) is 4.39 Å². The van der Waals surface area contributed by atoms with Crippen molar-refractivity contribution in [1.29, 1.82) is 0 Å². The number of aromatic amines is 1. The van der Waals surface area contributed by atoms with Crippen LogP contribution in [0.4, 0.5) is 4.39 Å². The molecular weight excluding hydrogens is 229 g/mol. The fourth-order valence-corrected chi connectivity index (χ4v) is 1.39. The number of nitrogens with one attached hydrogen (secondary N) is 2. The lowest BCUT2D eigenvalue weighted by molar-refractivity contribution is 0.172.